The second-order valence-electron chi connectivity index (χ2n) is 6.94. The number of allylic oxidation sites excluding steroid dienone is 2. The Kier molecular flexibility index (Phi) is 5.06. The lowest BCUT2D eigenvalue weighted by Gasteiger charge is -2.27. The lowest BCUT2D eigenvalue weighted by molar-refractivity contribution is -0.127. The largest absolute Gasteiger partial charge is 0.313 e. The van der Waals surface area contributed by atoms with Crippen molar-refractivity contribution in [3.63, 3.8) is 0 Å². The third-order valence-corrected chi connectivity index (χ3v) is 5.67. The van der Waals surface area contributed by atoms with Gasteiger partial charge in [-0.3, -0.25) is 4.79 Å². The Morgan fingerprint density at radius 1 is 1.35 bits per heavy atom. The summed E-state index contributed by atoms with van der Waals surface area (Å²) in [5.41, 5.74) is 3.29. The number of tetrazole rings is 1. The second kappa shape index (κ2) is 7.61. The number of hydrogen-bond acceptors (Lipinski definition) is 5. The summed E-state index contributed by atoms with van der Waals surface area (Å²) in [5.74, 6) is 0.532. The smallest absolute Gasteiger partial charge is 0.237 e. The predicted octanol–water partition coefficient (Wildman–Crippen LogP) is 3.51. The molecule has 2 aliphatic carbocycles. The third-order valence-electron chi connectivity index (χ3n) is 4.77. The molecule has 6 nitrogen and oxygen atoms in total. The molecule has 1 heterocycles. The van der Waals surface area contributed by atoms with Gasteiger partial charge in [0, 0.05) is 11.7 Å². The molecule has 7 heteroatoms. The number of hydrogen-bond donors (Lipinski definition) is 0. The van der Waals surface area contributed by atoms with E-state index in [-0.39, 0.29) is 5.91 Å². The normalized spacial score (nSPS) is 17.0. The molecule has 26 heavy (non-hydrogen) atoms. The van der Waals surface area contributed by atoms with Crippen molar-refractivity contribution in [2.24, 2.45) is 0 Å². The molecular weight excluding hydrogens is 346 g/mol. The number of benzene rings is 1. The first-order valence-corrected chi connectivity index (χ1v) is 10.2. The predicted molar refractivity (Wildman–Crippen MR) is 101 cm³/mol. The van der Waals surface area contributed by atoms with Gasteiger partial charge in [-0.15, -0.1) is 5.10 Å². The molecule has 2 aliphatic rings. The SMILES string of the molecule is Cc1cccc(-n2nnnc2SCC(=O)N(C2=CCCCC2)C2CC2)c1. The van der Waals surface area contributed by atoms with Crippen LogP contribution in [-0.2, 0) is 4.79 Å². The molecule has 1 aromatic carbocycles. The molecule has 0 atom stereocenters. The minimum absolute atomic E-state index is 0.171. The lowest BCUT2D eigenvalue weighted by atomic mass is 10.0. The van der Waals surface area contributed by atoms with Gasteiger partial charge in [0.1, 0.15) is 0 Å². The Morgan fingerprint density at radius 3 is 2.96 bits per heavy atom. The fourth-order valence-corrected chi connectivity index (χ4v) is 4.11. The van der Waals surface area contributed by atoms with Crippen molar-refractivity contribution in [2.75, 3.05) is 5.75 Å². The quantitative estimate of drug-likeness (QED) is 0.729. The van der Waals surface area contributed by atoms with Crippen LogP contribution in [0, 0.1) is 6.92 Å². The van der Waals surface area contributed by atoms with Gasteiger partial charge in [-0.2, -0.15) is 4.68 Å². The van der Waals surface area contributed by atoms with Crippen molar-refractivity contribution < 1.29 is 4.79 Å². The Morgan fingerprint density at radius 2 is 2.23 bits per heavy atom. The third kappa shape index (κ3) is 3.82. The van der Waals surface area contributed by atoms with E-state index in [1.165, 1.54) is 30.3 Å². The summed E-state index contributed by atoms with van der Waals surface area (Å²) >= 11 is 1.41. The number of nitrogens with zero attached hydrogens (tertiary/aromatic N) is 5. The second-order valence-corrected chi connectivity index (χ2v) is 7.88. The summed E-state index contributed by atoms with van der Waals surface area (Å²) in [6.07, 6.45) is 9.01. The summed E-state index contributed by atoms with van der Waals surface area (Å²) in [6, 6.07) is 8.43. The van der Waals surface area contributed by atoms with E-state index in [2.05, 4.69) is 21.6 Å². The van der Waals surface area contributed by atoms with Gasteiger partial charge in [-0.1, -0.05) is 30.0 Å². The van der Waals surface area contributed by atoms with Crippen LogP contribution in [-0.4, -0.2) is 42.8 Å². The maximum atomic E-state index is 12.9. The molecule has 0 saturated heterocycles. The molecule has 1 fully saturated rings. The van der Waals surface area contributed by atoms with E-state index in [9.17, 15) is 4.79 Å². The highest BCUT2D eigenvalue weighted by Gasteiger charge is 2.35. The van der Waals surface area contributed by atoms with Crippen LogP contribution in [0.15, 0.2) is 41.2 Å². The van der Waals surface area contributed by atoms with E-state index in [0.29, 0.717) is 17.0 Å². The summed E-state index contributed by atoms with van der Waals surface area (Å²) in [5, 5.41) is 12.6. The van der Waals surface area contributed by atoms with Gasteiger partial charge in [-0.05, 0) is 73.6 Å². The zero-order valence-electron chi connectivity index (χ0n) is 15.0. The highest BCUT2D eigenvalue weighted by atomic mass is 32.2. The first kappa shape index (κ1) is 17.3. The minimum atomic E-state index is 0.171. The molecule has 1 amide bonds. The fourth-order valence-electron chi connectivity index (χ4n) is 3.36. The average Bonchev–Trinajstić information content (AvgIpc) is 3.37. The van der Waals surface area contributed by atoms with Crippen molar-refractivity contribution in [2.45, 2.75) is 56.6 Å². The number of aryl methyl sites for hydroxylation is 1. The van der Waals surface area contributed by atoms with Crippen LogP contribution < -0.4 is 0 Å². The van der Waals surface area contributed by atoms with Crippen LogP contribution in [0.4, 0.5) is 0 Å². The van der Waals surface area contributed by atoms with E-state index >= 15 is 0 Å². The van der Waals surface area contributed by atoms with Crippen LogP contribution >= 0.6 is 11.8 Å². The summed E-state index contributed by atoms with van der Waals surface area (Å²) in [4.78, 5) is 15.0. The number of amides is 1. The molecule has 0 bridgehead atoms. The number of rotatable bonds is 6. The Bertz CT molecular complexity index is 827. The van der Waals surface area contributed by atoms with E-state index in [0.717, 1.165) is 36.9 Å². The van der Waals surface area contributed by atoms with E-state index in [4.69, 9.17) is 0 Å². The zero-order valence-corrected chi connectivity index (χ0v) is 15.8. The summed E-state index contributed by atoms with van der Waals surface area (Å²) in [6.45, 7) is 2.04. The van der Waals surface area contributed by atoms with Crippen molar-refractivity contribution in [1.82, 2.24) is 25.1 Å². The van der Waals surface area contributed by atoms with E-state index in [1.807, 2.05) is 36.1 Å². The summed E-state index contributed by atoms with van der Waals surface area (Å²) in [7, 11) is 0. The molecule has 136 valence electrons. The number of carbonyl (C=O) groups is 1. The van der Waals surface area contributed by atoms with Gasteiger partial charge in [0.05, 0.1) is 11.4 Å². The molecule has 0 aliphatic heterocycles. The van der Waals surface area contributed by atoms with Gasteiger partial charge in [0.2, 0.25) is 11.1 Å². The first-order valence-electron chi connectivity index (χ1n) is 9.22. The van der Waals surface area contributed by atoms with Gasteiger partial charge in [0.25, 0.3) is 0 Å². The molecule has 0 N–H and O–H groups in total. The van der Waals surface area contributed by atoms with Crippen molar-refractivity contribution in [3.8, 4) is 5.69 Å². The molecule has 1 aromatic heterocycles. The lowest BCUT2D eigenvalue weighted by Crippen LogP contribution is -2.34. The fraction of sp³-hybridized carbons (Fsp3) is 0.474. The molecule has 0 spiro atoms. The van der Waals surface area contributed by atoms with E-state index < -0.39 is 0 Å². The summed E-state index contributed by atoms with van der Waals surface area (Å²) < 4.78 is 1.70. The highest BCUT2D eigenvalue weighted by molar-refractivity contribution is 7.99. The van der Waals surface area contributed by atoms with Crippen LogP contribution in [0.3, 0.4) is 0 Å². The Hall–Kier alpha value is -2.15. The van der Waals surface area contributed by atoms with E-state index in [1.54, 1.807) is 4.68 Å². The highest BCUT2D eigenvalue weighted by Crippen LogP contribution is 2.34. The molecule has 4 rings (SSSR count). The zero-order chi connectivity index (χ0) is 17.9. The van der Waals surface area contributed by atoms with Gasteiger partial charge >= 0.3 is 0 Å². The van der Waals surface area contributed by atoms with Crippen molar-refractivity contribution in [1.29, 1.82) is 0 Å². The van der Waals surface area contributed by atoms with Crippen molar-refractivity contribution in [3.05, 3.63) is 41.6 Å². The monoisotopic (exact) mass is 369 g/mol. The maximum Gasteiger partial charge on any atom is 0.237 e. The first-order chi connectivity index (χ1) is 12.7. The van der Waals surface area contributed by atoms with Gasteiger partial charge in [0.15, 0.2) is 0 Å². The molecule has 1 saturated carbocycles. The van der Waals surface area contributed by atoms with Gasteiger partial charge < -0.3 is 4.90 Å². The average molecular weight is 369 g/mol. The van der Waals surface area contributed by atoms with Crippen molar-refractivity contribution >= 4 is 17.7 Å². The topological polar surface area (TPSA) is 63.9 Å². The number of carbonyl (C=O) groups excluding carboxylic acids is 1. The molecule has 2 aromatic rings. The number of aromatic nitrogens is 4. The van der Waals surface area contributed by atoms with Gasteiger partial charge in [-0.25, -0.2) is 0 Å². The van der Waals surface area contributed by atoms with Crippen LogP contribution in [0.5, 0.6) is 0 Å². The Labute approximate surface area is 157 Å². The van der Waals surface area contributed by atoms with Crippen LogP contribution in [0.1, 0.15) is 44.1 Å². The molecule has 0 unspecified atom stereocenters. The number of thioether (sulfide) groups is 1. The molecule has 0 radical (unpaired) electrons. The maximum absolute atomic E-state index is 12.9. The molecular formula is C19H23N5OS. The van der Waals surface area contributed by atoms with Crippen LogP contribution in [0.25, 0.3) is 5.69 Å². The standard InChI is InChI=1S/C19H23N5OS/c1-14-6-5-9-17(12-14)24-19(20-21-22-24)26-13-18(25)23(16-10-11-16)15-7-3-2-4-8-15/h5-7,9,12,16H,2-4,8,10-11,13H2,1H3. The Balaban J connectivity index is 1.46. The minimum Gasteiger partial charge on any atom is -0.313 e. The van der Waals surface area contributed by atoms with Crippen LogP contribution in [0.2, 0.25) is 0 Å².